The van der Waals surface area contributed by atoms with Crippen molar-refractivity contribution in [2.24, 2.45) is 0 Å². The molecule has 0 saturated heterocycles. The number of sulfonamides is 1. The predicted molar refractivity (Wildman–Crippen MR) is 80.8 cm³/mol. The Labute approximate surface area is 124 Å². The van der Waals surface area contributed by atoms with E-state index in [9.17, 15) is 8.42 Å². The fourth-order valence-corrected chi connectivity index (χ4v) is 2.93. The second kappa shape index (κ2) is 6.55. The first kappa shape index (κ1) is 15.3. The molecule has 1 aromatic heterocycles. The highest BCUT2D eigenvalue weighted by molar-refractivity contribution is 7.92. The van der Waals surface area contributed by atoms with Gasteiger partial charge in [-0.05, 0) is 37.4 Å². The van der Waals surface area contributed by atoms with E-state index in [1.54, 1.807) is 44.5 Å². The summed E-state index contributed by atoms with van der Waals surface area (Å²) in [4.78, 5) is 4.12. The van der Waals surface area contributed by atoms with Gasteiger partial charge in [0.1, 0.15) is 11.6 Å². The molecule has 21 heavy (non-hydrogen) atoms. The lowest BCUT2D eigenvalue weighted by molar-refractivity contribution is 0.408. The van der Waals surface area contributed by atoms with Crippen LogP contribution in [0.1, 0.15) is 5.56 Å². The quantitative estimate of drug-likeness (QED) is 0.847. The van der Waals surface area contributed by atoms with Gasteiger partial charge in [-0.2, -0.15) is 0 Å². The number of hydrogen-bond acceptors (Lipinski definition) is 5. The van der Waals surface area contributed by atoms with E-state index >= 15 is 0 Å². The van der Waals surface area contributed by atoms with Crippen LogP contribution in [0.2, 0.25) is 0 Å². The maximum Gasteiger partial charge on any atom is 0.263 e. The number of ether oxygens (including phenoxy) is 1. The Morgan fingerprint density at radius 1 is 1.24 bits per heavy atom. The highest BCUT2D eigenvalue weighted by Crippen LogP contribution is 2.23. The van der Waals surface area contributed by atoms with Crippen LogP contribution in [-0.2, 0) is 16.6 Å². The van der Waals surface area contributed by atoms with Crippen molar-refractivity contribution in [1.29, 1.82) is 0 Å². The molecule has 2 aromatic rings. The van der Waals surface area contributed by atoms with E-state index in [-0.39, 0.29) is 10.7 Å². The largest absolute Gasteiger partial charge is 0.496 e. The van der Waals surface area contributed by atoms with Crippen LogP contribution in [-0.4, -0.2) is 27.6 Å². The number of benzene rings is 1. The standard InChI is InChI=1S/C14H17N3O3S/c1-15-10-11-9-12(6-7-13(11)20-2)21(18,19)17-14-5-3-4-8-16-14/h3-9,15H,10H2,1-2H3,(H,16,17). The number of methoxy groups -OCH3 is 1. The first-order valence-electron chi connectivity index (χ1n) is 6.32. The van der Waals surface area contributed by atoms with Gasteiger partial charge in [0.25, 0.3) is 10.0 Å². The van der Waals surface area contributed by atoms with Gasteiger partial charge >= 0.3 is 0 Å². The van der Waals surface area contributed by atoms with Gasteiger partial charge < -0.3 is 10.1 Å². The van der Waals surface area contributed by atoms with Crippen LogP contribution < -0.4 is 14.8 Å². The van der Waals surface area contributed by atoms with E-state index in [2.05, 4.69) is 15.0 Å². The molecule has 0 bridgehead atoms. The number of pyridine rings is 1. The number of nitrogens with zero attached hydrogens (tertiary/aromatic N) is 1. The molecule has 7 heteroatoms. The molecule has 0 radical (unpaired) electrons. The lowest BCUT2D eigenvalue weighted by atomic mass is 10.2. The molecule has 6 nitrogen and oxygen atoms in total. The van der Waals surface area contributed by atoms with Crippen molar-refractivity contribution in [3.05, 3.63) is 48.2 Å². The van der Waals surface area contributed by atoms with Crippen LogP contribution in [0.25, 0.3) is 0 Å². The van der Waals surface area contributed by atoms with Crippen LogP contribution in [0.5, 0.6) is 5.75 Å². The first-order valence-corrected chi connectivity index (χ1v) is 7.80. The van der Waals surface area contributed by atoms with E-state index in [1.807, 2.05) is 0 Å². The second-order valence-electron chi connectivity index (χ2n) is 4.32. The molecule has 0 aliphatic rings. The summed E-state index contributed by atoms with van der Waals surface area (Å²) in [6.45, 7) is 0.510. The van der Waals surface area contributed by atoms with E-state index in [1.165, 1.54) is 12.3 Å². The zero-order valence-corrected chi connectivity index (χ0v) is 12.6. The van der Waals surface area contributed by atoms with Gasteiger partial charge in [-0.25, -0.2) is 13.4 Å². The third-order valence-corrected chi connectivity index (χ3v) is 4.19. The number of hydrogen-bond donors (Lipinski definition) is 2. The molecule has 0 atom stereocenters. The Balaban J connectivity index is 2.34. The molecule has 0 aliphatic carbocycles. The molecular weight excluding hydrogens is 290 g/mol. The fraction of sp³-hybridized carbons (Fsp3) is 0.214. The van der Waals surface area contributed by atoms with Crippen LogP contribution in [0, 0.1) is 0 Å². The second-order valence-corrected chi connectivity index (χ2v) is 6.01. The highest BCUT2D eigenvalue weighted by atomic mass is 32.2. The third kappa shape index (κ3) is 3.71. The van der Waals surface area contributed by atoms with Gasteiger partial charge in [0, 0.05) is 18.3 Å². The fourth-order valence-electron chi connectivity index (χ4n) is 1.87. The van der Waals surface area contributed by atoms with Crippen molar-refractivity contribution in [2.75, 3.05) is 18.9 Å². The molecule has 1 heterocycles. The van der Waals surface area contributed by atoms with Crippen LogP contribution in [0.3, 0.4) is 0 Å². The summed E-state index contributed by atoms with van der Waals surface area (Å²) >= 11 is 0. The Morgan fingerprint density at radius 3 is 2.67 bits per heavy atom. The normalized spacial score (nSPS) is 11.1. The zero-order valence-electron chi connectivity index (χ0n) is 11.8. The van der Waals surface area contributed by atoms with Crippen molar-refractivity contribution in [3.8, 4) is 5.75 Å². The van der Waals surface area contributed by atoms with Gasteiger partial charge in [0.15, 0.2) is 0 Å². The molecular formula is C14H17N3O3S. The lowest BCUT2D eigenvalue weighted by Gasteiger charge is -2.12. The average Bonchev–Trinajstić information content (AvgIpc) is 2.48. The SMILES string of the molecule is CNCc1cc(S(=O)(=O)Nc2ccccn2)ccc1OC. The van der Waals surface area contributed by atoms with Crippen molar-refractivity contribution in [1.82, 2.24) is 10.3 Å². The monoisotopic (exact) mass is 307 g/mol. The van der Waals surface area contributed by atoms with Crippen LogP contribution >= 0.6 is 0 Å². The van der Waals surface area contributed by atoms with Gasteiger partial charge in [-0.15, -0.1) is 0 Å². The van der Waals surface area contributed by atoms with Gasteiger partial charge in [0.2, 0.25) is 0 Å². The number of anilines is 1. The molecule has 2 rings (SSSR count). The Hall–Kier alpha value is -2.12. The van der Waals surface area contributed by atoms with Gasteiger partial charge in [-0.1, -0.05) is 6.07 Å². The molecule has 112 valence electrons. The summed E-state index contributed by atoms with van der Waals surface area (Å²) in [5, 5.41) is 2.98. The van der Waals surface area contributed by atoms with E-state index in [0.29, 0.717) is 12.3 Å². The highest BCUT2D eigenvalue weighted by Gasteiger charge is 2.16. The summed E-state index contributed by atoms with van der Waals surface area (Å²) in [5.74, 6) is 0.921. The third-order valence-electron chi connectivity index (χ3n) is 2.83. The lowest BCUT2D eigenvalue weighted by Crippen LogP contribution is -2.15. The minimum absolute atomic E-state index is 0.166. The Morgan fingerprint density at radius 2 is 2.05 bits per heavy atom. The van der Waals surface area contributed by atoms with Gasteiger partial charge in [-0.3, -0.25) is 4.72 Å². The maximum atomic E-state index is 12.3. The van der Waals surface area contributed by atoms with Crippen LogP contribution in [0.4, 0.5) is 5.82 Å². The maximum absolute atomic E-state index is 12.3. The molecule has 0 unspecified atom stereocenters. The minimum atomic E-state index is -3.67. The van der Waals surface area contributed by atoms with E-state index in [0.717, 1.165) is 5.56 Å². The molecule has 0 spiro atoms. The summed E-state index contributed by atoms with van der Waals surface area (Å²) in [7, 11) is -0.340. The average molecular weight is 307 g/mol. The molecule has 0 amide bonds. The van der Waals surface area contributed by atoms with Crippen molar-refractivity contribution < 1.29 is 13.2 Å². The number of nitrogens with one attached hydrogen (secondary N) is 2. The molecule has 0 aliphatic heterocycles. The number of aromatic nitrogens is 1. The van der Waals surface area contributed by atoms with Crippen molar-refractivity contribution in [2.45, 2.75) is 11.4 Å². The topological polar surface area (TPSA) is 80.3 Å². The minimum Gasteiger partial charge on any atom is -0.496 e. The Bertz CT molecular complexity index is 703. The van der Waals surface area contributed by atoms with Gasteiger partial charge in [0.05, 0.1) is 12.0 Å². The molecule has 1 aromatic carbocycles. The smallest absolute Gasteiger partial charge is 0.263 e. The molecule has 2 N–H and O–H groups in total. The summed E-state index contributed by atoms with van der Waals surface area (Å²) in [5.41, 5.74) is 0.767. The Kier molecular flexibility index (Phi) is 4.77. The summed E-state index contributed by atoms with van der Waals surface area (Å²) in [6.07, 6.45) is 1.53. The summed E-state index contributed by atoms with van der Waals surface area (Å²) < 4.78 is 32.3. The molecule has 0 saturated carbocycles. The first-order chi connectivity index (χ1) is 10.1. The van der Waals surface area contributed by atoms with E-state index in [4.69, 9.17) is 4.74 Å². The van der Waals surface area contributed by atoms with E-state index < -0.39 is 10.0 Å². The molecule has 0 fully saturated rings. The van der Waals surface area contributed by atoms with Crippen molar-refractivity contribution >= 4 is 15.8 Å². The predicted octanol–water partition coefficient (Wildman–Crippen LogP) is 1.61. The van der Waals surface area contributed by atoms with Crippen molar-refractivity contribution in [3.63, 3.8) is 0 Å². The zero-order chi connectivity index (χ0) is 15.3. The van der Waals surface area contributed by atoms with Crippen LogP contribution in [0.15, 0.2) is 47.5 Å². The summed E-state index contributed by atoms with van der Waals surface area (Å²) in [6, 6.07) is 9.75. The number of rotatable bonds is 6.